The van der Waals surface area contributed by atoms with Crippen molar-refractivity contribution in [2.45, 2.75) is 32.2 Å². The van der Waals surface area contributed by atoms with E-state index in [1.165, 1.54) is 24.3 Å². The number of nitrogens with zero attached hydrogens (tertiary/aromatic N) is 1. The summed E-state index contributed by atoms with van der Waals surface area (Å²) < 4.78 is 51.4. The number of sulfone groups is 1. The van der Waals surface area contributed by atoms with Crippen LogP contribution in [0, 0.1) is 0 Å². The van der Waals surface area contributed by atoms with E-state index in [2.05, 4.69) is 0 Å². The number of benzene rings is 1. The van der Waals surface area contributed by atoms with Gasteiger partial charge in [-0.3, -0.25) is 4.79 Å². The fraction of sp³-hybridized carbons (Fsp3) is 0.533. The summed E-state index contributed by atoms with van der Waals surface area (Å²) in [6.45, 7) is 4.50. The minimum Gasteiger partial charge on any atom is -0.331 e. The number of rotatable bonds is 5. The maximum atomic E-state index is 14.4. The fourth-order valence-electron chi connectivity index (χ4n) is 1.94. The van der Waals surface area contributed by atoms with Gasteiger partial charge in [0.25, 0.3) is 5.91 Å². The van der Waals surface area contributed by atoms with E-state index >= 15 is 0 Å². The van der Waals surface area contributed by atoms with Crippen molar-refractivity contribution in [2.75, 3.05) is 18.6 Å². The van der Waals surface area contributed by atoms with Crippen LogP contribution >= 0.6 is 0 Å². The topological polar surface area (TPSA) is 54.5 Å². The van der Waals surface area contributed by atoms with E-state index in [-0.39, 0.29) is 12.3 Å². The Kier molecular flexibility index (Phi) is 5.33. The lowest BCUT2D eigenvalue weighted by Gasteiger charge is -2.37. The molecule has 0 unspecified atom stereocenters. The van der Waals surface area contributed by atoms with Crippen LogP contribution in [0.4, 0.5) is 8.78 Å². The molecule has 1 rings (SSSR count). The first-order valence-corrected chi connectivity index (χ1v) is 8.85. The molecule has 1 aromatic carbocycles. The summed E-state index contributed by atoms with van der Waals surface area (Å²) in [6, 6.07) is 6.78. The smallest absolute Gasteiger partial charge is 0.331 e. The lowest BCUT2D eigenvalue weighted by atomic mass is 10.0. The van der Waals surface area contributed by atoms with Crippen LogP contribution in [0.5, 0.6) is 0 Å². The van der Waals surface area contributed by atoms with Crippen molar-refractivity contribution < 1.29 is 22.0 Å². The summed E-state index contributed by atoms with van der Waals surface area (Å²) in [5.41, 5.74) is -1.33. The second-order valence-corrected chi connectivity index (χ2v) is 8.46. The quantitative estimate of drug-likeness (QED) is 0.832. The maximum Gasteiger partial charge on any atom is 0.349 e. The van der Waals surface area contributed by atoms with Crippen LogP contribution in [-0.4, -0.2) is 43.3 Å². The van der Waals surface area contributed by atoms with Crippen molar-refractivity contribution in [2.24, 2.45) is 0 Å². The predicted molar refractivity (Wildman–Crippen MR) is 81.5 cm³/mol. The molecule has 0 N–H and O–H groups in total. The van der Waals surface area contributed by atoms with Gasteiger partial charge in [-0.05, 0) is 20.8 Å². The van der Waals surface area contributed by atoms with Crippen molar-refractivity contribution in [3.05, 3.63) is 35.9 Å². The molecule has 0 saturated heterocycles. The highest BCUT2D eigenvalue weighted by Crippen LogP contribution is 2.32. The van der Waals surface area contributed by atoms with E-state index in [0.717, 1.165) is 11.2 Å². The molecule has 0 aliphatic rings. The third-order valence-corrected chi connectivity index (χ3v) is 4.07. The lowest BCUT2D eigenvalue weighted by Crippen LogP contribution is -2.52. The van der Waals surface area contributed by atoms with Gasteiger partial charge in [-0.2, -0.15) is 8.78 Å². The van der Waals surface area contributed by atoms with E-state index in [9.17, 15) is 22.0 Å². The van der Waals surface area contributed by atoms with Crippen LogP contribution in [-0.2, 0) is 20.6 Å². The van der Waals surface area contributed by atoms with Crippen molar-refractivity contribution in [3.63, 3.8) is 0 Å². The van der Waals surface area contributed by atoms with Crippen molar-refractivity contribution in [3.8, 4) is 0 Å². The number of amides is 1. The van der Waals surface area contributed by atoms with Crippen LogP contribution in [0.2, 0.25) is 0 Å². The summed E-state index contributed by atoms with van der Waals surface area (Å²) in [7, 11) is -3.36. The zero-order valence-electron chi connectivity index (χ0n) is 13.1. The highest BCUT2D eigenvalue weighted by Gasteiger charge is 2.46. The fourth-order valence-corrected chi connectivity index (χ4v) is 2.45. The molecule has 0 atom stereocenters. The first-order valence-electron chi connectivity index (χ1n) is 6.79. The van der Waals surface area contributed by atoms with Crippen LogP contribution in [0.3, 0.4) is 0 Å². The van der Waals surface area contributed by atoms with E-state index in [0.29, 0.717) is 0 Å². The van der Waals surface area contributed by atoms with Gasteiger partial charge in [-0.15, -0.1) is 0 Å². The van der Waals surface area contributed by atoms with Crippen LogP contribution in [0.25, 0.3) is 0 Å². The molecule has 0 heterocycles. The minimum absolute atomic E-state index is 0.274. The van der Waals surface area contributed by atoms with E-state index < -0.39 is 32.8 Å². The normalized spacial score (nSPS) is 13.0. The van der Waals surface area contributed by atoms with E-state index in [1.54, 1.807) is 26.8 Å². The molecule has 0 bridgehead atoms. The van der Waals surface area contributed by atoms with Gasteiger partial charge in [0.1, 0.15) is 9.84 Å². The summed E-state index contributed by atoms with van der Waals surface area (Å²) in [6.07, 6.45) is 1.01. The number of carbonyl (C=O) groups excluding carboxylic acids is 1. The van der Waals surface area contributed by atoms with Crippen LogP contribution < -0.4 is 0 Å². The SMILES string of the molecule is CC(C)(C)N(CCS(C)(=O)=O)C(=O)C(F)(F)c1ccccc1. The number of alkyl halides is 2. The molecule has 1 amide bonds. The second kappa shape index (κ2) is 6.32. The Morgan fingerprint density at radius 2 is 1.64 bits per heavy atom. The van der Waals surface area contributed by atoms with Gasteiger partial charge in [0.05, 0.1) is 5.75 Å². The Hall–Kier alpha value is -1.50. The third-order valence-electron chi connectivity index (χ3n) is 3.15. The van der Waals surface area contributed by atoms with E-state index in [4.69, 9.17) is 0 Å². The molecular formula is C15H21F2NO3S. The molecule has 22 heavy (non-hydrogen) atoms. The zero-order valence-corrected chi connectivity index (χ0v) is 14.0. The summed E-state index contributed by atoms with van der Waals surface area (Å²) >= 11 is 0. The van der Waals surface area contributed by atoms with E-state index in [1.807, 2.05) is 0 Å². The van der Waals surface area contributed by atoms with Gasteiger partial charge < -0.3 is 4.90 Å². The monoisotopic (exact) mass is 333 g/mol. The summed E-state index contributed by atoms with van der Waals surface area (Å²) in [5, 5.41) is 0. The minimum atomic E-state index is -3.70. The van der Waals surface area contributed by atoms with Crippen LogP contribution in [0.15, 0.2) is 30.3 Å². The summed E-state index contributed by atoms with van der Waals surface area (Å²) in [4.78, 5) is 13.2. The molecular weight excluding hydrogens is 312 g/mol. The predicted octanol–water partition coefficient (Wildman–Crippen LogP) is 2.45. The Bertz CT molecular complexity index is 622. The van der Waals surface area contributed by atoms with Gasteiger partial charge in [0.15, 0.2) is 0 Å². The first-order chi connectivity index (χ1) is 9.86. The molecule has 0 spiro atoms. The largest absolute Gasteiger partial charge is 0.349 e. The Balaban J connectivity index is 3.12. The van der Waals surface area contributed by atoms with Crippen LogP contribution in [0.1, 0.15) is 26.3 Å². The molecule has 1 aromatic rings. The molecule has 7 heteroatoms. The molecule has 0 aromatic heterocycles. The Morgan fingerprint density at radius 3 is 2.05 bits per heavy atom. The number of halogens is 2. The van der Waals surface area contributed by atoms with Gasteiger partial charge in [0.2, 0.25) is 0 Å². The van der Waals surface area contributed by atoms with Gasteiger partial charge in [-0.25, -0.2) is 8.42 Å². The Labute approximate surface area is 130 Å². The highest BCUT2D eigenvalue weighted by atomic mass is 32.2. The molecule has 124 valence electrons. The van der Waals surface area contributed by atoms with Crippen molar-refractivity contribution >= 4 is 15.7 Å². The molecule has 4 nitrogen and oxygen atoms in total. The lowest BCUT2D eigenvalue weighted by molar-refractivity contribution is -0.163. The molecule has 0 aliphatic heterocycles. The summed E-state index contributed by atoms with van der Waals surface area (Å²) in [5.74, 6) is -5.46. The van der Waals surface area contributed by atoms with Gasteiger partial charge in [0, 0.05) is 23.9 Å². The second-order valence-electron chi connectivity index (χ2n) is 6.20. The average Bonchev–Trinajstić information content (AvgIpc) is 2.36. The molecule has 0 aliphatic carbocycles. The highest BCUT2D eigenvalue weighted by molar-refractivity contribution is 7.90. The number of carbonyl (C=O) groups is 1. The van der Waals surface area contributed by atoms with Gasteiger partial charge >= 0.3 is 5.92 Å². The van der Waals surface area contributed by atoms with Crippen molar-refractivity contribution in [1.82, 2.24) is 4.90 Å². The molecule has 0 fully saturated rings. The molecule has 0 saturated carbocycles. The third kappa shape index (κ3) is 4.76. The molecule has 0 radical (unpaired) electrons. The standard InChI is InChI=1S/C15H21F2NO3S/c1-14(2,3)18(10-11-22(4,20)21)13(19)15(16,17)12-8-6-5-7-9-12/h5-9H,10-11H2,1-4H3. The van der Waals surface area contributed by atoms with Gasteiger partial charge in [-0.1, -0.05) is 30.3 Å². The van der Waals surface area contributed by atoms with Crippen molar-refractivity contribution in [1.29, 1.82) is 0 Å². The number of hydrogen-bond acceptors (Lipinski definition) is 3. The zero-order chi connectivity index (χ0) is 17.2. The first kappa shape index (κ1) is 18.5. The average molecular weight is 333 g/mol. The number of hydrogen-bond donors (Lipinski definition) is 0. The Morgan fingerprint density at radius 1 is 1.14 bits per heavy atom. The maximum absolute atomic E-state index is 14.4.